The highest BCUT2D eigenvalue weighted by Crippen LogP contribution is 2.36. The summed E-state index contributed by atoms with van der Waals surface area (Å²) in [6, 6.07) is 1.81. The summed E-state index contributed by atoms with van der Waals surface area (Å²) >= 11 is 0. The summed E-state index contributed by atoms with van der Waals surface area (Å²) in [6.45, 7) is 9.88. The zero-order valence-corrected chi connectivity index (χ0v) is 15.5. The van der Waals surface area contributed by atoms with Crippen LogP contribution in [0.25, 0.3) is 0 Å². The lowest BCUT2D eigenvalue weighted by molar-refractivity contribution is -0.119. The average molecular weight is 347 g/mol. The number of nitrogens with zero attached hydrogens (tertiary/aromatic N) is 1. The van der Waals surface area contributed by atoms with E-state index in [1.54, 1.807) is 18.5 Å². The van der Waals surface area contributed by atoms with Crippen molar-refractivity contribution in [2.75, 3.05) is 11.9 Å². The molecule has 1 saturated heterocycles. The van der Waals surface area contributed by atoms with Gasteiger partial charge in [-0.15, -0.1) is 0 Å². The van der Waals surface area contributed by atoms with Gasteiger partial charge in [0.15, 0.2) is 0 Å². The van der Waals surface area contributed by atoms with Crippen molar-refractivity contribution in [2.24, 2.45) is 0 Å². The first-order chi connectivity index (χ1) is 11.6. The molecule has 0 aromatic carbocycles. The molecule has 1 aromatic heterocycles. The zero-order valence-electron chi connectivity index (χ0n) is 15.5. The smallest absolute Gasteiger partial charge is 0.399 e. The Morgan fingerprint density at radius 2 is 1.80 bits per heavy atom. The van der Waals surface area contributed by atoms with E-state index in [0.29, 0.717) is 25.1 Å². The summed E-state index contributed by atoms with van der Waals surface area (Å²) in [4.78, 5) is 26.9. The summed E-state index contributed by atoms with van der Waals surface area (Å²) < 4.78 is 12.0. The van der Waals surface area contributed by atoms with Gasteiger partial charge in [-0.25, -0.2) is 0 Å². The molecule has 0 saturated carbocycles. The van der Waals surface area contributed by atoms with Gasteiger partial charge in [-0.3, -0.25) is 14.6 Å². The molecule has 2 amide bonds. The highest BCUT2D eigenvalue weighted by atomic mass is 16.7. The lowest BCUT2D eigenvalue weighted by atomic mass is 9.80. The first-order valence-electron chi connectivity index (χ1n) is 8.45. The largest absolute Gasteiger partial charge is 0.496 e. The number of hydrogen-bond donors (Lipinski definition) is 2. The molecular formula is C17H26BN3O4. The highest BCUT2D eigenvalue weighted by Gasteiger charge is 2.51. The second-order valence-electron chi connectivity index (χ2n) is 7.23. The van der Waals surface area contributed by atoms with E-state index in [4.69, 9.17) is 9.31 Å². The highest BCUT2D eigenvalue weighted by molar-refractivity contribution is 6.62. The first kappa shape index (κ1) is 19.4. The van der Waals surface area contributed by atoms with Gasteiger partial charge in [0.1, 0.15) is 0 Å². The van der Waals surface area contributed by atoms with Gasteiger partial charge in [0.25, 0.3) is 0 Å². The van der Waals surface area contributed by atoms with Crippen molar-refractivity contribution in [3.8, 4) is 0 Å². The van der Waals surface area contributed by atoms with Crippen LogP contribution in [0, 0.1) is 0 Å². The molecular weight excluding hydrogens is 321 g/mol. The number of pyridine rings is 1. The van der Waals surface area contributed by atoms with Crippen molar-refractivity contribution in [2.45, 2.75) is 58.7 Å². The minimum Gasteiger partial charge on any atom is -0.399 e. The number of rotatable bonds is 6. The third-order valence-corrected chi connectivity index (χ3v) is 4.52. The van der Waals surface area contributed by atoms with Crippen LogP contribution >= 0.6 is 0 Å². The van der Waals surface area contributed by atoms with Gasteiger partial charge in [0, 0.05) is 31.5 Å². The lowest BCUT2D eigenvalue weighted by Gasteiger charge is -2.32. The predicted molar refractivity (Wildman–Crippen MR) is 96.5 cm³/mol. The molecule has 1 aliphatic heterocycles. The molecule has 2 rings (SSSR count). The third kappa shape index (κ3) is 5.03. The fourth-order valence-corrected chi connectivity index (χ4v) is 2.37. The first-order valence-corrected chi connectivity index (χ1v) is 8.45. The molecule has 1 fully saturated rings. The molecule has 0 radical (unpaired) electrons. The maximum absolute atomic E-state index is 12.0. The molecule has 0 bridgehead atoms. The number of nitrogens with one attached hydrogen (secondary N) is 2. The Hall–Kier alpha value is -1.93. The standard InChI is InChI=1S/C17H26BN3O4/c1-12(22)20-8-6-7-15(23)21-14-9-13(10-19-11-14)18-24-16(2,3)17(4,5)25-18/h9-11H,6-8H2,1-5H3,(H,20,22)(H,21,23). The fraction of sp³-hybridized carbons (Fsp3) is 0.588. The topological polar surface area (TPSA) is 89.6 Å². The Morgan fingerprint density at radius 3 is 2.40 bits per heavy atom. The van der Waals surface area contributed by atoms with Crippen molar-refractivity contribution >= 4 is 30.1 Å². The van der Waals surface area contributed by atoms with Gasteiger partial charge in [0.05, 0.1) is 23.1 Å². The van der Waals surface area contributed by atoms with E-state index in [9.17, 15) is 9.59 Å². The molecule has 0 unspecified atom stereocenters. The maximum atomic E-state index is 12.0. The van der Waals surface area contributed by atoms with Gasteiger partial charge < -0.3 is 19.9 Å². The van der Waals surface area contributed by atoms with Gasteiger partial charge in [-0.1, -0.05) is 0 Å². The number of amides is 2. The lowest BCUT2D eigenvalue weighted by Crippen LogP contribution is -2.41. The summed E-state index contributed by atoms with van der Waals surface area (Å²) in [5.74, 6) is -0.224. The molecule has 8 heteroatoms. The number of hydrogen-bond acceptors (Lipinski definition) is 5. The van der Waals surface area contributed by atoms with Gasteiger partial charge in [0.2, 0.25) is 11.8 Å². The second kappa shape index (κ2) is 7.53. The van der Waals surface area contributed by atoms with Crippen molar-refractivity contribution in [3.63, 3.8) is 0 Å². The summed E-state index contributed by atoms with van der Waals surface area (Å²) in [5, 5.41) is 5.47. The minimum absolute atomic E-state index is 0.0975. The number of carbonyl (C=O) groups excluding carboxylic acids is 2. The van der Waals surface area contributed by atoms with Gasteiger partial charge in [-0.05, 0) is 40.2 Å². The van der Waals surface area contributed by atoms with Crippen LogP contribution in [0.3, 0.4) is 0 Å². The number of anilines is 1. The fourth-order valence-electron chi connectivity index (χ4n) is 2.37. The molecule has 1 aromatic rings. The predicted octanol–water partition coefficient (Wildman–Crippen LogP) is 1.24. The van der Waals surface area contributed by atoms with E-state index in [-0.39, 0.29) is 11.8 Å². The van der Waals surface area contributed by atoms with E-state index in [2.05, 4.69) is 15.6 Å². The van der Waals surface area contributed by atoms with Gasteiger partial charge >= 0.3 is 7.12 Å². The second-order valence-corrected chi connectivity index (χ2v) is 7.23. The van der Waals surface area contributed by atoms with Crippen molar-refractivity contribution in [1.82, 2.24) is 10.3 Å². The molecule has 2 heterocycles. The summed E-state index contributed by atoms with van der Waals surface area (Å²) in [5.41, 5.74) is 0.493. The molecule has 25 heavy (non-hydrogen) atoms. The number of aromatic nitrogens is 1. The van der Waals surface area contributed by atoms with Gasteiger partial charge in [-0.2, -0.15) is 0 Å². The van der Waals surface area contributed by atoms with E-state index >= 15 is 0 Å². The van der Waals surface area contributed by atoms with Crippen LogP contribution in [0.15, 0.2) is 18.5 Å². The molecule has 1 aliphatic rings. The Bertz CT molecular complexity index is 633. The van der Waals surface area contributed by atoms with Crippen molar-refractivity contribution < 1.29 is 18.9 Å². The quantitative estimate of drug-likeness (QED) is 0.597. The van der Waals surface area contributed by atoms with Crippen LogP contribution in [0.2, 0.25) is 0 Å². The molecule has 0 atom stereocenters. The van der Waals surface area contributed by atoms with Crippen LogP contribution in [-0.2, 0) is 18.9 Å². The van der Waals surface area contributed by atoms with E-state index in [0.717, 1.165) is 5.46 Å². The summed E-state index contributed by atoms with van der Waals surface area (Å²) in [6.07, 6.45) is 4.16. The van der Waals surface area contributed by atoms with Crippen LogP contribution in [0.4, 0.5) is 5.69 Å². The monoisotopic (exact) mass is 347 g/mol. The Labute approximate surface area is 149 Å². The van der Waals surface area contributed by atoms with Crippen molar-refractivity contribution in [1.29, 1.82) is 0 Å². The molecule has 2 N–H and O–H groups in total. The molecule has 7 nitrogen and oxygen atoms in total. The van der Waals surface area contributed by atoms with Crippen LogP contribution in [-0.4, -0.2) is 41.7 Å². The molecule has 0 spiro atoms. The normalized spacial score (nSPS) is 18.0. The van der Waals surface area contributed by atoms with E-state index in [1.807, 2.05) is 27.7 Å². The zero-order chi connectivity index (χ0) is 18.7. The third-order valence-electron chi connectivity index (χ3n) is 4.52. The van der Waals surface area contributed by atoms with Crippen LogP contribution in [0.5, 0.6) is 0 Å². The average Bonchev–Trinajstić information content (AvgIpc) is 2.72. The van der Waals surface area contributed by atoms with Crippen LogP contribution in [0.1, 0.15) is 47.5 Å². The SMILES string of the molecule is CC(=O)NCCCC(=O)Nc1cncc(B2OC(C)(C)C(C)(C)O2)c1. The van der Waals surface area contributed by atoms with Crippen molar-refractivity contribution in [3.05, 3.63) is 18.5 Å². The minimum atomic E-state index is -0.519. The van der Waals surface area contributed by atoms with Crippen LogP contribution < -0.4 is 16.1 Å². The Kier molecular flexibility index (Phi) is 5.85. The van der Waals surface area contributed by atoms with E-state index < -0.39 is 18.3 Å². The number of carbonyl (C=O) groups is 2. The maximum Gasteiger partial charge on any atom is 0.496 e. The summed E-state index contributed by atoms with van der Waals surface area (Å²) in [7, 11) is -0.519. The van der Waals surface area contributed by atoms with E-state index in [1.165, 1.54) is 6.92 Å². The Balaban J connectivity index is 1.93. The Morgan fingerprint density at radius 1 is 1.16 bits per heavy atom. The molecule has 0 aliphatic carbocycles. The molecule has 136 valence electrons.